The SMILES string of the molecule is Cc1ccc(N(CC(=O)NC23CC4CC(CC(C4)C2)C3)S(=O)(=O)c2ccccc2)cc1. The first-order valence-corrected chi connectivity index (χ1v) is 12.7. The van der Waals surface area contributed by atoms with Crippen molar-refractivity contribution in [3.63, 3.8) is 0 Å². The maximum atomic E-state index is 13.5. The third kappa shape index (κ3) is 3.98. The van der Waals surface area contributed by atoms with Crippen molar-refractivity contribution in [1.82, 2.24) is 5.32 Å². The summed E-state index contributed by atoms with van der Waals surface area (Å²) in [6.45, 7) is 1.75. The average Bonchev–Trinajstić information content (AvgIpc) is 2.72. The zero-order chi connectivity index (χ0) is 21.6. The van der Waals surface area contributed by atoms with Gasteiger partial charge < -0.3 is 5.32 Å². The molecule has 0 heterocycles. The number of nitrogens with one attached hydrogen (secondary N) is 1. The monoisotopic (exact) mass is 438 g/mol. The number of carbonyl (C=O) groups is 1. The molecule has 0 atom stereocenters. The molecule has 0 unspecified atom stereocenters. The van der Waals surface area contributed by atoms with Crippen LogP contribution in [0.25, 0.3) is 0 Å². The number of rotatable bonds is 6. The quantitative estimate of drug-likeness (QED) is 0.732. The van der Waals surface area contributed by atoms with Gasteiger partial charge in [0.05, 0.1) is 10.6 Å². The fourth-order valence-electron chi connectivity index (χ4n) is 6.48. The van der Waals surface area contributed by atoms with Crippen LogP contribution >= 0.6 is 0 Å². The molecule has 4 fully saturated rings. The van der Waals surface area contributed by atoms with Crippen LogP contribution in [-0.4, -0.2) is 26.4 Å². The molecule has 0 aromatic heterocycles. The minimum atomic E-state index is -3.86. The van der Waals surface area contributed by atoms with Crippen LogP contribution in [0.4, 0.5) is 5.69 Å². The van der Waals surface area contributed by atoms with E-state index in [1.165, 1.54) is 23.6 Å². The number of aryl methyl sites for hydroxylation is 1. The maximum absolute atomic E-state index is 13.5. The normalized spacial score (nSPS) is 29.0. The van der Waals surface area contributed by atoms with Gasteiger partial charge in [-0.3, -0.25) is 9.10 Å². The topological polar surface area (TPSA) is 66.5 Å². The first-order valence-electron chi connectivity index (χ1n) is 11.3. The molecule has 1 amide bonds. The van der Waals surface area contributed by atoms with Gasteiger partial charge in [0, 0.05) is 5.54 Å². The van der Waals surface area contributed by atoms with Crippen LogP contribution in [0.2, 0.25) is 0 Å². The zero-order valence-corrected chi connectivity index (χ0v) is 18.8. The van der Waals surface area contributed by atoms with E-state index in [2.05, 4.69) is 5.32 Å². The summed E-state index contributed by atoms with van der Waals surface area (Å²) < 4.78 is 28.2. The molecule has 1 N–H and O–H groups in total. The van der Waals surface area contributed by atoms with Crippen molar-refractivity contribution in [3.8, 4) is 0 Å². The zero-order valence-electron chi connectivity index (χ0n) is 18.0. The van der Waals surface area contributed by atoms with Crippen LogP contribution in [0.5, 0.6) is 0 Å². The molecule has 31 heavy (non-hydrogen) atoms. The lowest BCUT2D eigenvalue weighted by molar-refractivity contribution is -0.125. The van der Waals surface area contributed by atoms with Crippen LogP contribution < -0.4 is 9.62 Å². The van der Waals surface area contributed by atoms with Gasteiger partial charge in [-0.1, -0.05) is 35.9 Å². The fraction of sp³-hybridized carbons (Fsp3) is 0.480. The summed E-state index contributed by atoms with van der Waals surface area (Å²) >= 11 is 0. The van der Waals surface area contributed by atoms with Crippen LogP contribution in [0.3, 0.4) is 0 Å². The predicted octanol–water partition coefficient (Wildman–Crippen LogP) is 4.28. The molecular formula is C25H30N2O3S. The van der Waals surface area contributed by atoms with Crippen LogP contribution in [0.15, 0.2) is 59.5 Å². The van der Waals surface area contributed by atoms with E-state index >= 15 is 0 Å². The molecule has 6 heteroatoms. The first-order chi connectivity index (χ1) is 14.8. The molecule has 2 aromatic rings. The number of carbonyl (C=O) groups excluding carboxylic acids is 1. The molecule has 0 saturated heterocycles. The third-order valence-electron chi connectivity index (χ3n) is 7.38. The second-order valence-corrected chi connectivity index (χ2v) is 11.8. The molecule has 2 aromatic carbocycles. The molecule has 4 saturated carbocycles. The number of hydrogen-bond donors (Lipinski definition) is 1. The summed E-state index contributed by atoms with van der Waals surface area (Å²) in [5.74, 6) is 1.94. The molecule has 4 aliphatic carbocycles. The van der Waals surface area contributed by atoms with Gasteiger partial charge in [-0.2, -0.15) is 0 Å². The largest absolute Gasteiger partial charge is 0.349 e. The highest BCUT2D eigenvalue weighted by atomic mass is 32.2. The van der Waals surface area contributed by atoms with Gasteiger partial charge in [-0.05, 0) is 87.5 Å². The van der Waals surface area contributed by atoms with E-state index in [0.29, 0.717) is 23.4 Å². The van der Waals surface area contributed by atoms with Gasteiger partial charge >= 0.3 is 0 Å². The lowest BCUT2D eigenvalue weighted by Crippen LogP contribution is -2.61. The van der Waals surface area contributed by atoms with Gasteiger partial charge in [-0.25, -0.2) is 8.42 Å². The lowest BCUT2D eigenvalue weighted by atomic mass is 9.53. The minimum absolute atomic E-state index is 0.138. The standard InChI is InChI=1S/C25H30N2O3S/c1-18-7-9-22(10-8-18)27(31(29,30)23-5-3-2-4-6-23)17-24(28)26-25-14-19-11-20(15-25)13-21(12-19)16-25/h2-10,19-21H,11-17H2,1H3,(H,26,28). The fourth-order valence-corrected chi connectivity index (χ4v) is 7.92. The molecule has 164 valence electrons. The Bertz CT molecular complexity index is 1030. The molecular weight excluding hydrogens is 408 g/mol. The molecule has 5 nitrogen and oxygen atoms in total. The highest BCUT2D eigenvalue weighted by Crippen LogP contribution is 2.55. The minimum Gasteiger partial charge on any atom is -0.349 e. The number of sulfonamides is 1. The Morgan fingerprint density at radius 3 is 2.03 bits per heavy atom. The average molecular weight is 439 g/mol. The second-order valence-electron chi connectivity index (χ2n) is 9.91. The molecule has 6 rings (SSSR count). The van der Waals surface area contributed by atoms with Crippen LogP contribution in [0.1, 0.15) is 44.1 Å². The third-order valence-corrected chi connectivity index (χ3v) is 9.17. The first kappa shape index (κ1) is 20.6. The van der Waals surface area contributed by atoms with Crippen molar-refractivity contribution in [2.45, 2.75) is 55.9 Å². The van der Waals surface area contributed by atoms with Crippen molar-refractivity contribution in [1.29, 1.82) is 0 Å². The van der Waals surface area contributed by atoms with Crippen LogP contribution in [0, 0.1) is 24.7 Å². The van der Waals surface area contributed by atoms with Gasteiger partial charge in [0.25, 0.3) is 10.0 Å². The van der Waals surface area contributed by atoms with Gasteiger partial charge in [0.15, 0.2) is 0 Å². The Labute approximate surface area is 184 Å². The van der Waals surface area contributed by atoms with E-state index in [-0.39, 0.29) is 22.9 Å². The molecule has 0 spiro atoms. The van der Waals surface area contributed by atoms with E-state index < -0.39 is 10.0 Å². The van der Waals surface area contributed by atoms with Crippen molar-refractivity contribution in [3.05, 3.63) is 60.2 Å². The summed E-state index contributed by atoms with van der Waals surface area (Å²) in [5, 5.41) is 3.31. The van der Waals surface area contributed by atoms with E-state index in [1.807, 2.05) is 19.1 Å². The smallest absolute Gasteiger partial charge is 0.264 e. The van der Waals surface area contributed by atoms with Crippen molar-refractivity contribution in [2.24, 2.45) is 17.8 Å². The van der Waals surface area contributed by atoms with Gasteiger partial charge in [-0.15, -0.1) is 0 Å². The van der Waals surface area contributed by atoms with E-state index in [4.69, 9.17) is 0 Å². The maximum Gasteiger partial charge on any atom is 0.264 e. The summed E-state index contributed by atoms with van der Waals surface area (Å²) in [6.07, 6.45) is 7.02. The Kier molecular flexibility index (Phi) is 5.08. The summed E-state index contributed by atoms with van der Waals surface area (Å²) in [4.78, 5) is 13.4. The number of anilines is 1. The predicted molar refractivity (Wildman–Crippen MR) is 121 cm³/mol. The van der Waals surface area contributed by atoms with Gasteiger partial charge in [0.1, 0.15) is 6.54 Å². The molecule has 0 aliphatic heterocycles. The Hall–Kier alpha value is -2.34. The number of amides is 1. The molecule has 4 aliphatic rings. The van der Waals surface area contributed by atoms with E-state index in [9.17, 15) is 13.2 Å². The van der Waals surface area contributed by atoms with Crippen molar-refractivity contribution < 1.29 is 13.2 Å². The van der Waals surface area contributed by atoms with Gasteiger partial charge in [0.2, 0.25) is 5.91 Å². The Morgan fingerprint density at radius 2 is 1.48 bits per heavy atom. The Morgan fingerprint density at radius 1 is 0.935 bits per heavy atom. The highest BCUT2D eigenvalue weighted by molar-refractivity contribution is 7.92. The van der Waals surface area contributed by atoms with Crippen molar-refractivity contribution in [2.75, 3.05) is 10.8 Å². The molecule has 0 radical (unpaired) electrons. The summed E-state index contributed by atoms with van der Waals surface area (Å²) in [7, 11) is -3.86. The highest BCUT2D eigenvalue weighted by Gasteiger charge is 2.51. The van der Waals surface area contributed by atoms with Crippen molar-refractivity contribution >= 4 is 21.6 Å². The second kappa shape index (κ2) is 7.66. The van der Waals surface area contributed by atoms with E-state index in [1.54, 1.807) is 42.5 Å². The van der Waals surface area contributed by atoms with E-state index in [0.717, 1.165) is 24.8 Å². The summed E-state index contributed by atoms with van der Waals surface area (Å²) in [5.41, 5.74) is 1.41. The number of nitrogens with zero attached hydrogens (tertiary/aromatic N) is 1. The Balaban J connectivity index is 1.41. The number of benzene rings is 2. The summed E-state index contributed by atoms with van der Waals surface area (Å²) in [6, 6.07) is 15.6. The molecule has 4 bridgehead atoms. The number of hydrogen-bond acceptors (Lipinski definition) is 3. The lowest BCUT2D eigenvalue weighted by Gasteiger charge is -2.57. The van der Waals surface area contributed by atoms with Crippen LogP contribution in [-0.2, 0) is 14.8 Å².